The molecule has 0 saturated carbocycles. The monoisotopic (exact) mass is 539 g/mol. The molecular weight excluding hydrogens is 505 g/mol. The van der Waals surface area contributed by atoms with Gasteiger partial charge in [-0.3, -0.25) is 4.98 Å². The van der Waals surface area contributed by atoms with E-state index in [1.54, 1.807) is 12.1 Å². The third-order valence-electron chi connectivity index (χ3n) is 5.34. The summed E-state index contributed by atoms with van der Waals surface area (Å²) in [5.74, 6) is -0.233. The van der Waals surface area contributed by atoms with Gasteiger partial charge in [-0.25, -0.2) is 4.39 Å². The van der Waals surface area contributed by atoms with Crippen molar-refractivity contribution < 1.29 is 8.94 Å². The van der Waals surface area contributed by atoms with Crippen LogP contribution in [0.25, 0.3) is 27.9 Å². The van der Waals surface area contributed by atoms with Gasteiger partial charge in [0.15, 0.2) is 0 Å². The summed E-state index contributed by atoms with van der Waals surface area (Å²) in [5, 5.41) is 5.18. The van der Waals surface area contributed by atoms with Crippen LogP contribution in [0.2, 0.25) is 5.02 Å². The van der Waals surface area contributed by atoms with Gasteiger partial charge in [0.2, 0.25) is 0 Å². The molecule has 1 aliphatic rings. The van der Waals surface area contributed by atoms with E-state index in [-0.39, 0.29) is 5.82 Å². The molecule has 7 heteroatoms. The van der Waals surface area contributed by atoms with Crippen molar-refractivity contribution in [2.75, 3.05) is 6.54 Å². The van der Waals surface area contributed by atoms with Gasteiger partial charge in [0.1, 0.15) is 11.5 Å². The molecule has 3 N–H and O–H groups in total. The highest BCUT2D eigenvalue weighted by Crippen LogP contribution is 2.37. The summed E-state index contributed by atoms with van der Waals surface area (Å²) < 4.78 is 19.9. The second-order valence-electron chi connectivity index (χ2n) is 8.13. The number of benzene rings is 2. The zero-order chi connectivity index (χ0) is 27.4. The summed E-state index contributed by atoms with van der Waals surface area (Å²) in [7, 11) is 0. The van der Waals surface area contributed by atoms with Gasteiger partial charge in [0.05, 0.1) is 11.4 Å². The van der Waals surface area contributed by atoms with Crippen LogP contribution in [0.3, 0.4) is 0 Å². The van der Waals surface area contributed by atoms with Crippen molar-refractivity contribution >= 4 is 41.1 Å². The molecule has 0 amide bonds. The van der Waals surface area contributed by atoms with Crippen molar-refractivity contribution in [2.45, 2.75) is 47.0 Å². The second-order valence-corrected chi connectivity index (χ2v) is 8.57. The average Bonchev–Trinajstić information content (AvgIpc) is 3.59. The quantitative estimate of drug-likeness (QED) is 0.0990. The summed E-state index contributed by atoms with van der Waals surface area (Å²) in [5.41, 5.74) is 11.2. The number of hydrogen-bond donors (Lipinski definition) is 4. The molecule has 0 atom stereocenters. The van der Waals surface area contributed by atoms with Gasteiger partial charge >= 0.3 is 0 Å². The lowest BCUT2D eigenvalue weighted by atomic mass is 10.1. The zero-order valence-electron chi connectivity index (χ0n) is 21.8. The third kappa shape index (κ3) is 8.24. The Bertz CT molecular complexity index is 1350. The Hall–Kier alpha value is -3.02. The van der Waals surface area contributed by atoms with Crippen LogP contribution in [0.5, 0.6) is 0 Å². The lowest BCUT2D eigenvalue weighted by molar-refractivity contribution is 0.628. The maximum absolute atomic E-state index is 13.2. The smallest absolute Gasteiger partial charge is 0.123 e. The molecule has 0 radical (unpaired) electrons. The molecule has 196 valence electrons. The van der Waals surface area contributed by atoms with E-state index in [0.717, 1.165) is 52.1 Å². The lowest BCUT2D eigenvalue weighted by Gasteiger charge is -2.08. The topological polar surface area (TPSA) is 60.9 Å². The molecule has 2 aromatic carbocycles. The number of halogens is 2. The normalized spacial score (nSPS) is 10.4. The van der Waals surface area contributed by atoms with Gasteiger partial charge in [-0.15, -0.1) is 5.73 Å². The van der Waals surface area contributed by atoms with Gasteiger partial charge in [0.25, 0.3) is 0 Å². The van der Waals surface area contributed by atoms with Crippen LogP contribution >= 0.6 is 24.5 Å². The molecule has 0 unspecified atom stereocenters. The van der Waals surface area contributed by atoms with Gasteiger partial charge in [-0.2, -0.15) is 0 Å². The molecule has 0 saturated heterocycles. The number of fused-ring (bicyclic) bond motifs is 2. The van der Waals surface area contributed by atoms with E-state index in [0.29, 0.717) is 11.6 Å². The number of thiol groups is 1. The average molecular weight is 540 g/mol. The fourth-order valence-electron chi connectivity index (χ4n) is 3.74. The van der Waals surface area contributed by atoms with Crippen LogP contribution in [0.1, 0.15) is 56.6 Å². The molecule has 37 heavy (non-hydrogen) atoms. The Morgan fingerprint density at radius 3 is 2.46 bits per heavy atom. The van der Waals surface area contributed by atoms with Crippen LogP contribution < -0.4 is 5.32 Å². The van der Waals surface area contributed by atoms with Crippen LogP contribution in [0, 0.1) is 5.82 Å². The number of aromatic nitrogens is 2. The summed E-state index contributed by atoms with van der Waals surface area (Å²) in [6.07, 6.45) is 2.97. The highest BCUT2D eigenvalue weighted by atomic mass is 35.5. The van der Waals surface area contributed by atoms with Crippen LogP contribution in [-0.4, -0.2) is 21.1 Å². The fraction of sp³-hybridized carbons (Fsp3) is 0.267. The number of pyridine rings is 1. The van der Waals surface area contributed by atoms with E-state index in [2.05, 4.69) is 61.5 Å². The first-order valence-corrected chi connectivity index (χ1v) is 13.2. The molecule has 1 aliphatic carbocycles. The molecule has 2 aromatic heterocycles. The number of nitrogens with zero attached hydrogens (tertiary/aromatic N) is 1. The van der Waals surface area contributed by atoms with Crippen LogP contribution in [-0.2, 0) is 12.8 Å². The highest BCUT2D eigenvalue weighted by Gasteiger charge is 2.24. The van der Waals surface area contributed by atoms with Gasteiger partial charge in [0, 0.05) is 46.6 Å². The van der Waals surface area contributed by atoms with E-state index >= 15 is 0 Å². The van der Waals surface area contributed by atoms with E-state index in [9.17, 15) is 4.39 Å². The first-order valence-electron chi connectivity index (χ1n) is 12.4. The Kier molecular flexibility index (Phi) is 12.5. The van der Waals surface area contributed by atoms with E-state index in [4.69, 9.17) is 21.1 Å². The molecule has 2 heterocycles. The van der Waals surface area contributed by atoms with E-state index in [1.165, 1.54) is 29.7 Å². The molecule has 0 fully saturated rings. The standard InChI is InChI=1S/C25H19ClFN3.C3H8.C2H6.H2OS/c1-2-22(24-13-16-3-6-18(26)14-23(16)30-24)28-10-9-20-11-17-12-21(17)25(29-20)15-4-7-19(27)8-5-15;1-3-2;2*1-2/h3-8,11,13-14,28,30H,1,9-10,12H2;3H2,1-2H3;1-2H3;1-2H. The predicted octanol–water partition coefficient (Wildman–Crippen LogP) is 8.72. The van der Waals surface area contributed by atoms with Crippen molar-refractivity contribution in [1.29, 1.82) is 0 Å². The molecule has 0 aliphatic heterocycles. The molecule has 5 rings (SSSR count). The molecular formula is C30H35ClFN3OS. The SMILES string of the molecule is C=C=C(NCCc1cc2c(c(-c3ccc(F)cc3)n1)C2)c1cc2ccc(Cl)cc2[nH]1.CC.CCC.OS. The van der Waals surface area contributed by atoms with Gasteiger partial charge < -0.3 is 14.9 Å². The summed E-state index contributed by atoms with van der Waals surface area (Å²) in [6, 6.07) is 16.5. The Balaban J connectivity index is 0.000000630. The number of H-pyrrole nitrogens is 1. The first kappa shape index (κ1) is 30.2. The lowest BCUT2D eigenvalue weighted by Crippen LogP contribution is -2.16. The Labute approximate surface area is 229 Å². The second kappa shape index (κ2) is 15.3. The molecule has 0 bridgehead atoms. The maximum atomic E-state index is 13.2. The Morgan fingerprint density at radius 1 is 1.14 bits per heavy atom. The number of hydrogen-bond acceptors (Lipinski definition) is 4. The van der Waals surface area contributed by atoms with Crippen molar-refractivity contribution in [3.8, 4) is 11.3 Å². The van der Waals surface area contributed by atoms with Crippen molar-refractivity contribution in [3.63, 3.8) is 0 Å². The van der Waals surface area contributed by atoms with Crippen molar-refractivity contribution in [2.24, 2.45) is 0 Å². The largest absolute Gasteiger partial charge is 0.377 e. The van der Waals surface area contributed by atoms with Crippen molar-refractivity contribution in [1.82, 2.24) is 15.3 Å². The number of rotatable bonds is 6. The van der Waals surface area contributed by atoms with Gasteiger partial charge in [-0.1, -0.05) is 58.4 Å². The maximum Gasteiger partial charge on any atom is 0.123 e. The number of nitrogens with one attached hydrogen (secondary N) is 2. The van der Waals surface area contributed by atoms with Crippen LogP contribution in [0.4, 0.5) is 4.39 Å². The van der Waals surface area contributed by atoms with Gasteiger partial charge in [-0.05, 0) is 72.6 Å². The summed E-state index contributed by atoms with van der Waals surface area (Å²) in [4.78, 5) is 8.19. The fourth-order valence-corrected chi connectivity index (χ4v) is 3.91. The molecule has 4 aromatic rings. The first-order chi connectivity index (χ1) is 18.0. The van der Waals surface area contributed by atoms with Crippen molar-refractivity contribution in [3.05, 3.63) is 100 Å². The highest BCUT2D eigenvalue weighted by molar-refractivity contribution is 7.74. The number of aromatic amines is 1. The molecule has 0 spiro atoms. The van der Waals surface area contributed by atoms with E-state index < -0.39 is 0 Å². The zero-order valence-corrected chi connectivity index (χ0v) is 23.5. The summed E-state index contributed by atoms with van der Waals surface area (Å²) >= 11 is 8.61. The van der Waals surface area contributed by atoms with Crippen LogP contribution in [0.15, 0.2) is 66.9 Å². The summed E-state index contributed by atoms with van der Waals surface area (Å²) in [6.45, 7) is 12.8. The third-order valence-corrected chi connectivity index (χ3v) is 5.58. The molecule has 4 nitrogen and oxygen atoms in total. The predicted molar refractivity (Wildman–Crippen MR) is 159 cm³/mol. The minimum atomic E-state index is -0.233. The van der Waals surface area contributed by atoms with E-state index in [1.807, 2.05) is 32.0 Å². The minimum absolute atomic E-state index is 0.233. The Morgan fingerprint density at radius 2 is 1.81 bits per heavy atom. The minimum Gasteiger partial charge on any atom is -0.377 e.